The molecule has 0 spiro atoms. The Morgan fingerprint density at radius 3 is 2.57 bits per heavy atom. The second kappa shape index (κ2) is 6.43. The third-order valence-electron chi connectivity index (χ3n) is 3.34. The van der Waals surface area contributed by atoms with Gasteiger partial charge in [0.05, 0.1) is 12.2 Å². The average Bonchev–Trinajstić information content (AvgIpc) is 2.73. The van der Waals surface area contributed by atoms with Gasteiger partial charge in [0, 0.05) is 6.20 Å². The minimum absolute atomic E-state index is 0.00347. The van der Waals surface area contributed by atoms with Gasteiger partial charge >= 0.3 is 5.69 Å². The second-order valence-corrected chi connectivity index (χ2v) is 11.2. The monoisotopic (exact) mass is 339 g/mol. The molecule has 1 unspecified atom stereocenters. The molecule has 1 aliphatic rings. The summed E-state index contributed by atoms with van der Waals surface area (Å²) in [6.07, 6.45) is -3.44. The summed E-state index contributed by atoms with van der Waals surface area (Å²) >= 11 is 0. The molecule has 0 radical (unpaired) electrons. The van der Waals surface area contributed by atoms with E-state index in [4.69, 9.17) is 15.6 Å². The molecule has 0 saturated carbocycles. The lowest BCUT2D eigenvalue weighted by molar-refractivity contribution is -0.0549. The SMILES string of the molecule is C[Si](C)(C)C#Cc1cn([C@@H]2O[C@H](CO)[C@H](O)C2O)c(=O)nc1N. The Balaban J connectivity index is 2.44. The zero-order valence-electron chi connectivity index (χ0n) is 13.2. The van der Waals surface area contributed by atoms with Crippen LogP contribution < -0.4 is 11.4 Å². The number of hydrogen-bond acceptors (Lipinski definition) is 7. The normalized spacial score (nSPS) is 27.6. The first-order valence-electron chi connectivity index (χ1n) is 7.18. The predicted molar refractivity (Wildman–Crippen MR) is 86.1 cm³/mol. The highest BCUT2D eigenvalue weighted by atomic mass is 28.3. The Kier molecular flexibility index (Phi) is 4.93. The third-order valence-corrected chi connectivity index (χ3v) is 4.22. The number of aliphatic hydroxyl groups excluding tert-OH is 3. The fraction of sp³-hybridized carbons (Fsp3) is 0.571. The lowest BCUT2D eigenvalue weighted by atomic mass is 10.1. The van der Waals surface area contributed by atoms with Crippen molar-refractivity contribution in [2.24, 2.45) is 0 Å². The van der Waals surface area contributed by atoms with Crippen LogP contribution in [-0.2, 0) is 4.74 Å². The van der Waals surface area contributed by atoms with E-state index >= 15 is 0 Å². The quantitative estimate of drug-likeness (QED) is 0.388. The Morgan fingerprint density at radius 2 is 2.04 bits per heavy atom. The first-order chi connectivity index (χ1) is 10.6. The van der Waals surface area contributed by atoms with Crippen molar-refractivity contribution in [1.29, 1.82) is 0 Å². The summed E-state index contributed by atoms with van der Waals surface area (Å²) in [5.41, 5.74) is 8.47. The van der Waals surface area contributed by atoms with E-state index in [1.807, 2.05) is 0 Å². The lowest BCUT2D eigenvalue weighted by Gasteiger charge is -2.17. The lowest BCUT2D eigenvalue weighted by Crippen LogP contribution is -2.36. The maximum atomic E-state index is 12.0. The van der Waals surface area contributed by atoms with Crippen LogP contribution in [0.3, 0.4) is 0 Å². The van der Waals surface area contributed by atoms with Gasteiger partial charge < -0.3 is 25.8 Å². The predicted octanol–water partition coefficient (Wildman–Crippen LogP) is -1.33. The molecule has 1 saturated heterocycles. The van der Waals surface area contributed by atoms with Crippen molar-refractivity contribution < 1.29 is 20.1 Å². The van der Waals surface area contributed by atoms with Gasteiger partial charge in [0.2, 0.25) is 0 Å². The number of hydrogen-bond donors (Lipinski definition) is 4. The van der Waals surface area contributed by atoms with E-state index in [-0.39, 0.29) is 5.82 Å². The number of rotatable bonds is 2. The third kappa shape index (κ3) is 3.80. The van der Waals surface area contributed by atoms with E-state index in [0.29, 0.717) is 5.56 Å². The van der Waals surface area contributed by atoms with Gasteiger partial charge in [0.15, 0.2) is 6.23 Å². The summed E-state index contributed by atoms with van der Waals surface area (Å²) in [7, 11) is -1.65. The van der Waals surface area contributed by atoms with E-state index in [2.05, 4.69) is 36.1 Å². The summed E-state index contributed by atoms with van der Waals surface area (Å²) in [6.45, 7) is 5.71. The zero-order valence-corrected chi connectivity index (χ0v) is 14.2. The molecule has 126 valence electrons. The molecule has 1 aromatic heterocycles. The highest BCUT2D eigenvalue weighted by Gasteiger charge is 2.43. The Morgan fingerprint density at radius 1 is 1.39 bits per heavy atom. The molecule has 0 bridgehead atoms. The molecule has 2 heterocycles. The summed E-state index contributed by atoms with van der Waals surface area (Å²) in [5, 5.41) is 28.9. The summed E-state index contributed by atoms with van der Waals surface area (Å²) in [4.78, 5) is 15.7. The molecule has 4 atom stereocenters. The number of nitrogens with zero attached hydrogens (tertiary/aromatic N) is 2. The molecule has 0 aromatic carbocycles. The van der Waals surface area contributed by atoms with Crippen molar-refractivity contribution in [2.45, 2.75) is 44.2 Å². The molecule has 1 aromatic rings. The average molecular weight is 339 g/mol. The van der Waals surface area contributed by atoms with E-state index in [0.717, 1.165) is 4.57 Å². The maximum Gasteiger partial charge on any atom is 0.351 e. The largest absolute Gasteiger partial charge is 0.394 e. The second-order valence-electron chi connectivity index (χ2n) is 6.46. The smallest absolute Gasteiger partial charge is 0.351 e. The fourth-order valence-corrected chi connectivity index (χ4v) is 2.63. The summed E-state index contributed by atoms with van der Waals surface area (Å²) in [5.74, 6) is 2.91. The molecule has 0 aliphatic carbocycles. The van der Waals surface area contributed by atoms with Gasteiger partial charge in [-0.15, -0.1) is 5.54 Å². The minimum Gasteiger partial charge on any atom is -0.394 e. The fourth-order valence-electron chi connectivity index (χ4n) is 2.12. The summed E-state index contributed by atoms with van der Waals surface area (Å²) < 4.78 is 6.37. The van der Waals surface area contributed by atoms with Gasteiger partial charge in [-0.1, -0.05) is 25.6 Å². The van der Waals surface area contributed by atoms with Crippen molar-refractivity contribution in [3.05, 3.63) is 22.2 Å². The van der Waals surface area contributed by atoms with Crippen molar-refractivity contribution in [3.8, 4) is 11.5 Å². The van der Waals surface area contributed by atoms with Crippen LogP contribution in [0.4, 0.5) is 5.82 Å². The van der Waals surface area contributed by atoms with Gasteiger partial charge in [-0.3, -0.25) is 4.57 Å². The first-order valence-corrected chi connectivity index (χ1v) is 10.7. The summed E-state index contributed by atoms with van der Waals surface area (Å²) in [6, 6.07) is 0. The number of nitrogen functional groups attached to an aromatic ring is 1. The van der Waals surface area contributed by atoms with Gasteiger partial charge in [0.1, 0.15) is 32.2 Å². The molecule has 9 heteroatoms. The van der Waals surface area contributed by atoms with Gasteiger partial charge in [-0.2, -0.15) is 4.98 Å². The van der Waals surface area contributed by atoms with Crippen molar-refractivity contribution in [3.63, 3.8) is 0 Å². The van der Waals surface area contributed by atoms with Crippen LogP contribution in [0.2, 0.25) is 19.6 Å². The van der Waals surface area contributed by atoms with Crippen LogP contribution in [0, 0.1) is 11.5 Å². The molecule has 0 amide bonds. The number of nitrogens with two attached hydrogens (primary N) is 1. The topological polar surface area (TPSA) is 131 Å². The number of ether oxygens (including phenoxy) is 1. The van der Waals surface area contributed by atoms with Crippen molar-refractivity contribution in [1.82, 2.24) is 9.55 Å². The molecular weight excluding hydrogens is 318 g/mol. The van der Waals surface area contributed by atoms with Gasteiger partial charge in [-0.05, 0) is 0 Å². The number of aromatic nitrogens is 2. The molecule has 5 N–H and O–H groups in total. The van der Waals surface area contributed by atoms with Crippen LogP contribution >= 0.6 is 0 Å². The van der Waals surface area contributed by atoms with E-state index in [1.54, 1.807) is 0 Å². The molecule has 1 fully saturated rings. The van der Waals surface area contributed by atoms with Crippen LogP contribution in [0.1, 0.15) is 11.8 Å². The van der Waals surface area contributed by atoms with Crippen LogP contribution in [0.25, 0.3) is 0 Å². The Hall–Kier alpha value is -1.70. The highest BCUT2D eigenvalue weighted by Crippen LogP contribution is 2.28. The Bertz CT molecular complexity index is 703. The van der Waals surface area contributed by atoms with Crippen LogP contribution in [-0.4, -0.2) is 57.9 Å². The first kappa shape index (κ1) is 17.6. The van der Waals surface area contributed by atoms with Crippen molar-refractivity contribution >= 4 is 13.9 Å². The standard InChI is InChI=1S/C14H21N3O5Si/c1-23(2,3)5-4-8-6-17(14(21)16-12(8)15)13-11(20)10(19)9(7-18)22-13/h6,9-11,13,18-20H,7H2,1-3H3,(H2,15,16,21)/t9-,10+,11?,13-/m1/s1. The molecular formula is C14H21N3O5Si. The van der Waals surface area contributed by atoms with E-state index in [1.165, 1.54) is 6.20 Å². The number of aliphatic hydroxyl groups is 3. The number of anilines is 1. The van der Waals surface area contributed by atoms with E-state index < -0.39 is 44.9 Å². The maximum absolute atomic E-state index is 12.0. The molecule has 2 rings (SSSR count). The van der Waals surface area contributed by atoms with Crippen LogP contribution in [0.15, 0.2) is 11.0 Å². The zero-order chi connectivity index (χ0) is 17.4. The highest BCUT2D eigenvalue weighted by molar-refractivity contribution is 6.83. The van der Waals surface area contributed by atoms with Crippen molar-refractivity contribution in [2.75, 3.05) is 12.3 Å². The van der Waals surface area contributed by atoms with Gasteiger partial charge in [0.25, 0.3) is 0 Å². The van der Waals surface area contributed by atoms with Crippen LogP contribution in [0.5, 0.6) is 0 Å². The molecule has 8 nitrogen and oxygen atoms in total. The molecule has 1 aliphatic heterocycles. The van der Waals surface area contributed by atoms with Gasteiger partial charge in [-0.25, -0.2) is 4.79 Å². The minimum atomic E-state index is -1.65. The Labute approximate surface area is 134 Å². The van der Waals surface area contributed by atoms with E-state index in [9.17, 15) is 15.0 Å². The molecule has 23 heavy (non-hydrogen) atoms.